The molecule has 2 aromatic rings. The number of pyridine rings is 1. The predicted molar refractivity (Wildman–Crippen MR) is 80.1 cm³/mol. The Morgan fingerprint density at radius 2 is 2.05 bits per heavy atom. The van der Waals surface area contributed by atoms with Gasteiger partial charge in [0.1, 0.15) is 5.82 Å². The molecule has 0 saturated heterocycles. The summed E-state index contributed by atoms with van der Waals surface area (Å²) in [5, 5.41) is 0. The molecule has 2 N–H and O–H groups in total. The van der Waals surface area contributed by atoms with Crippen LogP contribution in [0.4, 0.5) is 5.82 Å². The summed E-state index contributed by atoms with van der Waals surface area (Å²) < 4.78 is 0. The molecule has 1 heterocycles. The standard InChI is InChI=1S/C16H21N3/c1-12-6-4-7-14(10-12)11-19(3)16-15(13(2)17)8-5-9-18-16/h4-10,13H,11,17H2,1-3H3/t13-/m1/s1. The van der Waals surface area contributed by atoms with Gasteiger partial charge >= 0.3 is 0 Å². The first kappa shape index (κ1) is 13.6. The van der Waals surface area contributed by atoms with Crippen LogP contribution in [-0.2, 0) is 6.54 Å². The van der Waals surface area contributed by atoms with Crippen LogP contribution in [-0.4, -0.2) is 12.0 Å². The molecule has 1 aromatic heterocycles. The van der Waals surface area contributed by atoms with Gasteiger partial charge in [-0.05, 0) is 25.5 Å². The summed E-state index contributed by atoms with van der Waals surface area (Å²) in [5.74, 6) is 0.957. The topological polar surface area (TPSA) is 42.2 Å². The zero-order chi connectivity index (χ0) is 13.8. The molecule has 2 rings (SSSR count). The number of anilines is 1. The summed E-state index contributed by atoms with van der Waals surface area (Å²) >= 11 is 0. The monoisotopic (exact) mass is 255 g/mol. The summed E-state index contributed by atoms with van der Waals surface area (Å²) in [5.41, 5.74) is 9.64. The van der Waals surface area contributed by atoms with E-state index in [1.807, 2.05) is 25.3 Å². The first-order valence-electron chi connectivity index (χ1n) is 6.55. The SMILES string of the molecule is Cc1cccc(CN(C)c2ncccc2[C@@H](C)N)c1. The van der Waals surface area contributed by atoms with Crippen LogP contribution in [0, 0.1) is 6.92 Å². The van der Waals surface area contributed by atoms with Crippen molar-refractivity contribution in [2.75, 3.05) is 11.9 Å². The highest BCUT2D eigenvalue weighted by molar-refractivity contribution is 5.48. The van der Waals surface area contributed by atoms with Gasteiger partial charge in [0.15, 0.2) is 0 Å². The number of rotatable bonds is 4. The average Bonchev–Trinajstić information content (AvgIpc) is 2.38. The molecule has 0 aliphatic rings. The molecule has 0 unspecified atom stereocenters. The fourth-order valence-corrected chi connectivity index (χ4v) is 2.24. The van der Waals surface area contributed by atoms with E-state index in [9.17, 15) is 0 Å². The molecule has 0 fully saturated rings. The number of hydrogen-bond acceptors (Lipinski definition) is 3. The van der Waals surface area contributed by atoms with Crippen molar-refractivity contribution in [3.05, 3.63) is 59.3 Å². The second-order valence-corrected chi connectivity index (χ2v) is 5.05. The van der Waals surface area contributed by atoms with E-state index in [2.05, 4.69) is 48.1 Å². The Morgan fingerprint density at radius 3 is 2.74 bits per heavy atom. The van der Waals surface area contributed by atoms with Crippen molar-refractivity contribution >= 4 is 5.82 Å². The average molecular weight is 255 g/mol. The highest BCUT2D eigenvalue weighted by Gasteiger charge is 2.11. The van der Waals surface area contributed by atoms with Crippen LogP contribution < -0.4 is 10.6 Å². The summed E-state index contributed by atoms with van der Waals surface area (Å²) in [4.78, 5) is 6.61. The summed E-state index contributed by atoms with van der Waals surface area (Å²) in [7, 11) is 2.05. The molecule has 0 amide bonds. The summed E-state index contributed by atoms with van der Waals surface area (Å²) in [6.45, 7) is 4.93. The molecular weight excluding hydrogens is 234 g/mol. The Kier molecular flexibility index (Phi) is 4.17. The van der Waals surface area contributed by atoms with Crippen molar-refractivity contribution in [3.8, 4) is 0 Å². The molecular formula is C16H21N3. The van der Waals surface area contributed by atoms with E-state index in [1.54, 1.807) is 0 Å². The molecule has 0 aliphatic carbocycles. The van der Waals surface area contributed by atoms with E-state index in [4.69, 9.17) is 5.73 Å². The van der Waals surface area contributed by atoms with Crippen LogP contribution >= 0.6 is 0 Å². The fourth-order valence-electron chi connectivity index (χ4n) is 2.24. The Balaban J connectivity index is 2.23. The predicted octanol–water partition coefficient (Wildman–Crippen LogP) is 3.05. The first-order chi connectivity index (χ1) is 9.08. The third-order valence-electron chi connectivity index (χ3n) is 3.17. The van der Waals surface area contributed by atoms with Crippen molar-refractivity contribution in [1.82, 2.24) is 4.98 Å². The number of nitrogens with zero attached hydrogens (tertiary/aromatic N) is 2. The molecule has 19 heavy (non-hydrogen) atoms. The normalized spacial score (nSPS) is 12.2. The number of nitrogens with two attached hydrogens (primary N) is 1. The van der Waals surface area contributed by atoms with Gasteiger partial charge in [-0.2, -0.15) is 0 Å². The van der Waals surface area contributed by atoms with E-state index in [0.29, 0.717) is 0 Å². The minimum Gasteiger partial charge on any atom is -0.355 e. The van der Waals surface area contributed by atoms with Crippen molar-refractivity contribution in [1.29, 1.82) is 0 Å². The zero-order valence-corrected chi connectivity index (χ0v) is 11.8. The van der Waals surface area contributed by atoms with E-state index in [0.717, 1.165) is 17.9 Å². The van der Waals surface area contributed by atoms with E-state index < -0.39 is 0 Å². The smallest absolute Gasteiger partial charge is 0.133 e. The molecule has 0 bridgehead atoms. The lowest BCUT2D eigenvalue weighted by Crippen LogP contribution is -2.21. The number of aryl methyl sites for hydroxylation is 1. The van der Waals surface area contributed by atoms with Gasteiger partial charge in [0.05, 0.1) is 0 Å². The van der Waals surface area contributed by atoms with Crippen LogP contribution in [0.3, 0.4) is 0 Å². The van der Waals surface area contributed by atoms with Crippen LogP contribution in [0.2, 0.25) is 0 Å². The second-order valence-electron chi connectivity index (χ2n) is 5.05. The highest BCUT2D eigenvalue weighted by atomic mass is 15.2. The van der Waals surface area contributed by atoms with E-state index in [-0.39, 0.29) is 6.04 Å². The summed E-state index contributed by atoms with van der Waals surface area (Å²) in [6, 6.07) is 12.5. The van der Waals surface area contributed by atoms with Crippen LogP contribution in [0.25, 0.3) is 0 Å². The van der Waals surface area contributed by atoms with Gasteiger partial charge in [-0.25, -0.2) is 4.98 Å². The zero-order valence-electron chi connectivity index (χ0n) is 11.8. The van der Waals surface area contributed by atoms with Gasteiger partial charge in [0.25, 0.3) is 0 Å². The maximum atomic E-state index is 6.00. The molecule has 0 saturated carbocycles. The van der Waals surface area contributed by atoms with Crippen molar-refractivity contribution < 1.29 is 0 Å². The quantitative estimate of drug-likeness (QED) is 0.913. The first-order valence-corrected chi connectivity index (χ1v) is 6.55. The maximum Gasteiger partial charge on any atom is 0.133 e. The van der Waals surface area contributed by atoms with Gasteiger partial charge in [-0.15, -0.1) is 0 Å². The van der Waals surface area contributed by atoms with Crippen molar-refractivity contribution in [3.63, 3.8) is 0 Å². The molecule has 1 aromatic carbocycles. The second kappa shape index (κ2) is 5.85. The van der Waals surface area contributed by atoms with Crippen LogP contribution in [0.5, 0.6) is 0 Å². The minimum absolute atomic E-state index is 0.0105. The van der Waals surface area contributed by atoms with Crippen molar-refractivity contribution in [2.24, 2.45) is 5.73 Å². The van der Waals surface area contributed by atoms with E-state index in [1.165, 1.54) is 11.1 Å². The van der Waals surface area contributed by atoms with Crippen LogP contribution in [0.1, 0.15) is 29.7 Å². The number of aromatic nitrogens is 1. The minimum atomic E-state index is -0.0105. The molecule has 3 heteroatoms. The Morgan fingerprint density at radius 1 is 1.26 bits per heavy atom. The van der Waals surface area contributed by atoms with Gasteiger partial charge < -0.3 is 10.6 Å². The van der Waals surface area contributed by atoms with Gasteiger partial charge in [0.2, 0.25) is 0 Å². The van der Waals surface area contributed by atoms with E-state index >= 15 is 0 Å². The molecule has 1 atom stereocenters. The van der Waals surface area contributed by atoms with Gasteiger partial charge in [-0.3, -0.25) is 0 Å². The Hall–Kier alpha value is -1.87. The van der Waals surface area contributed by atoms with Gasteiger partial charge in [0, 0.05) is 31.4 Å². The van der Waals surface area contributed by atoms with Crippen molar-refractivity contribution in [2.45, 2.75) is 26.4 Å². The number of hydrogen-bond donors (Lipinski definition) is 1. The molecule has 0 aliphatic heterocycles. The largest absolute Gasteiger partial charge is 0.355 e. The molecule has 0 spiro atoms. The Labute approximate surface area is 115 Å². The fraction of sp³-hybridized carbons (Fsp3) is 0.312. The van der Waals surface area contributed by atoms with Gasteiger partial charge in [-0.1, -0.05) is 35.9 Å². The lowest BCUT2D eigenvalue weighted by Gasteiger charge is -2.22. The highest BCUT2D eigenvalue weighted by Crippen LogP contribution is 2.22. The molecule has 100 valence electrons. The van der Waals surface area contributed by atoms with Crippen LogP contribution in [0.15, 0.2) is 42.6 Å². The number of benzene rings is 1. The lowest BCUT2D eigenvalue weighted by molar-refractivity contribution is 0.788. The molecule has 3 nitrogen and oxygen atoms in total. The molecule has 0 radical (unpaired) electrons. The third kappa shape index (κ3) is 3.32. The maximum absolute atomic E-state index is 6.00. The lowest BCUT2D eigenvalue weighted by atomic mass is 10.1. The third-order valence-corrected chi connectivity index (χ3v) is 3.17. The summed E-state index contributed by atoms with van der Waals surface area (Å²) in [6.07, 6.45) is 1.81. The Bertz CT molecular complexity index is 549.